The van der Waals surface area contributed by atoms with Crippen molar-refractivity contribution in [2.24, 2.45) is 5.92 Å². The van der Waals surface area contributed by atoms with Gasteiger partial charge in [0.2, 0.25) is 0 Å². The fourth-order valence-electron chi connectivity index (χ4n) is 3.04. The number of fused-ring (bicyclic) bond motifs is 1. The van der Waals surface area contributed by atoms with Gasteiger partial charge in [-0.25, -0.2) is 0 Å². The second-order valence-electron chi connectivity index (χ2n) is 5.03. The standard InChI is InChI=1S/C15H17NO/c1-2-4-12-13-9-15(13,7-6-14(12)17)11-5-3-8-16-10-11/h3,5-8,10,13,17H,2,4,9H2,1H3/t13?,15-/m1/s1. The number of rotatable bonds is 3. The molecule has 1 heterocycles. The van der Waals surface area contributed by atoms with Gasteiger partial charge in [-0.05, 0) is 42.0 Å². The Kier molecular flexibility index (Phi) is 2.32. The largest absolute Gasteiger partial charge is 0.508 e. The predicted molar refractivity (Wildman–Crippen MR) is 67.7 cm³/mol. The van der Waals surface area contributed by atoms with Crippen LogP contribution in [0.5, 0.6) is 0 Å². The summed E-state index contributed by atoms with van der Waals surface area (Å²) in [5, 5.41) is 9.94. The Morgan fingerprint density at radius 2 is 2.41 bits per heavy atom. The van der Waals surface area contributed by atoms with Crippen molar-refractivity contribution in [2.75, 3.05) is 0 Å². The number of aliphatic hydroxyl groups is 1. The van der Waals surface area contributed by atoms with Gasteiger partial charge in [0.25, 0.3) is 0 Å². The SMILES string of the molecule is CCCC1=C(O)C=C[C@]2(c3cccnc3)CC12. The molecule has 2 atom stereocenters. The minimum Gasteiger partial charge on any atom is -0.508 e. The van der Waals surface area contributed by atoms with Crippen LogP contribution < -0.4 is 0 Å². The molecule has 3 rings (SSSR count). The van der Waals surface area contributed by atoms with Gasteiger partial charge in [0.1, 0.15) is 5.76 Å². The van der Waals surface area contributed by atoms with Crippen LogP contribution in [0, 0.1) is 5.92 Å². The highest BCUT2D eigenvalue weighted by Gasteiger charge is 2.56. The van der Waals surface area contributed by atoms with Crippen LogP contribution in [0.3, 0.4) is 0 Å². The summed E-state index contributed by atoms with van der Waals surface area (Å²) >= 11 is 0. The molecule has 1 saturated carbocycles. The minimum atomic E-state index is 0.130. The van der Waals surface area contributed by atoms with Gasteiger partial charge in [-0.2, -0.15) is 0 Å². The van der Waals surface area contributed by atoms with Crippen LogP contribution in [0.1, 0.15) is 31.7 Å². The molecule has 1 unspecified atom stereocenters. The molecule has 1 N–H and O–H groups in total. The van der Waals surface area contributed by atoms with E-state index >= 15 is 0 Å². The monoisotopic (exact) mass is 227 g/mol. The summed E-state index contributed by atoms with van der Waals surface area (Å²) in [4.78, 5) is 4.21. The Morgan fingerprint density at radius 3 is 3.12 bits per heavy atom. The van der Waals surface area contributed by atoms with Crippen LogP contribution in [0.15, 0.2) is 48.0 Å². The van der Waals surface area contributed by atoms with Crippen LogP contribution in [0.25, 0.3) is 0 Å². The Morgan fingerprint density at radius 1 is 1.53 bits per heavy atom. The van der Waals surface area contributed by atoms with E-state index in [2.05, 4.69) is 24.1 Å². The average molecular weight is 227 g/mol. The third-order valence-electron chi connectivity index (χ3n) is 4.01. The molecule has 2 heteroatoms. The fraction of sp³-hybridized carbons (Fsp3) is 0.400. The first-order chi connectivity index (χ1) is 8.28. The summed E-state index contributed by atoms with van der Waals surface area (Å²) < 4.78 is 0. The zero-order chi connectivity index (χ0) is 11.9. The molecule has 0 aliphatic heterocycles. The van der Waals surface area contributed by atoms with Crippen molar-refractivity contribution in [1.82, 2.24) is 4.98 Å². The van der Waals surface area contributed by atoms with Gasteiger partial charge >= 0.3 is 0 Å². The number of pyridine rings is 1. The Hall–Kier alpha value is -1.57. The first kappa shape index (κ1) is 10.6. The predicted octanol–water partition coefficient (Wildman–Crippen LogP) is 3.52. The molecule has 0 radical (unpaired) electrons. The van der Waals surface area contributed by atoms with Crippen LogP contribution in [-0.4, -0.2) is 10.1 Å². The summed E-state index contributed by atoms with van der Waals surface area (Å²) in [6, 6.07) is 4.13. The van der Waals surface area contributed by atoms with Crippen molar-refractivity contribution in [2.45, 2.75) is 31.6 Å². The van der Waals surface area contributed by atoms with Crippen LogP contribution in [0.2, 0.25) is 0 Å². The van der Waals surface area contributed by atoms with E-state index in [1.54, 1.807) is 0 Å². The van der Waals surface area contributed by atoms with Crippen molar-refractivity contribution < 1.29 is 5.11 Å². The second kappa shape index (κ2) is 3.73. The van der Waals surface area contributed by atoms with Gasteiger partial charge in [0.15, 0.2) is 0 Å². The lowest BCUT2D eigenvalue weighted by molar-refractivity contribution is 0.411. The van der Waals surface area contributed by atoms with Crippen LogP contribution >= 0.6 is 0 Å². The number of aliphatic hydroxyl groups excluding tert-OH is 1. The number of nitrogens with zero attached hydrogens (tertiary/aromatic N) is 1. The zero-order valence-corrected chi connectivity index (χ0v) is 10.1. The van der Waals surface area contributed by atoms with E-state index in [1.165, 1.54) is 11.1 Å². The molecule has 0 aromatic carbocycles. The van der Waals surface area contributed by atoms with E-state index in [9.17, 15) is 5.11 Å². The van der Waals surface area contributed by atoms with E-state index in [0.717, 1.165) is 19.3 Å². The number of hydrogen-bond donors (Lipinski definition) is 1. The van der Waals surface area contributed by atoms with Gasteiger partial charge in [0, 0.05) is 17.8 Å². The van der Waals surface area contributed by atoms with E-state index < -0.39 is 0 Å². The third kappa shape index (κ3) is 1.51. The highest BCUT2D eigenvalue weighted by molar-refractivity contribution is 5.49. The van der Waals surface area contributed by atoms with Crippen molar-refractivity contribution in [3.8, 4) is 0 Å². The maximum absolute atomic E-state index is 9.94. The quantitative estimate of drug-likeness (QED) is 0.857. The summed E-state index contributed by atoms with van der Waals surface area (Å²) in [7, 11) is 0. The maximum Gasteiger partial charge on any atom is 0.114 e. The Balaban J connectivity index is 1.95. The number of aromatic nitrogens is 1. The molecule has 2 nitrogen and oxygen atoms in total. The smallest absolute Gasteiger partial charge is 0.114 e. The van der Waals surface area contributed by atoms with Crippen LogP contribution in [0.4, 0.5) is 0 Å². The van der Waals surface area contributed by atoms with Crippen molar-refractivity contribution >= 4 is 0 Å². The van der Waals surface area contributed by atoms with Gasteiger partial charge < -0.3 is 5.11 Å². The average Bonchev–Trinajstić information content (AvgIpc) is 3.11. The van der Waals surface area contributed by atoms with Gasteiger partial charge in [-0.3, -0.25) is 4.98 Å². The molecule has 2 aliphatic rings. The molecule has 1 fully saturated rings. The molecule has 0 saturated heterocycles. The molecule has 0 spiro atoms. The Bertz CT molecular complexity index is 489. The summed E-state index contributed by atoms with van der Waals surface area (Å²) in [5.74, 6) is 0.991. The molecule has 17 heavy (non-hydrogen) atoms. The third-order valence-corrected chi connectivity index (χ3v) is 4.01. The van der Waals surface area contributed by atoms with Crippen LogP contribution in [-0.2, 0) is 5.41 Å². The molecular formula is C15H17NO. The lowest BCUT2D eigenvalue weighted by Gasteiger charge is -2.19. The van der Waals surface area contributed by atoms with Crippen molar-refractivity contribution in [3.05, 3.63) is 53.6 Å². The van der Waals surface area contributed by atoms with E-state index in [4.69, 9.17) is 0 Å². The molecule has 1 aromatic heterocycles. The summed E-state index contributed by atoms with van der Waals surface area (Å²) in [6.45, 7) is 2.16. The van der Waals surface area contributed by atoms with Gasteiger partial charge in [-0.15, -0.1) is 0 Å². The molecule has 2 aliphatic carbocycles. The highest BCUT2D eigenvalue weighted by atomic mass is 16.3. The first-order valence-corrected chi connectivity index (χ1v) is 6.29. The fourth-order valence-corrected chi connectivity index (χ4v) is 3.04. The highest BCUT2D eigenvalue weighted by Crippen LogP contribution is 2.61. The topological polar surface area (TPSA) is 33.1 Å². The van der Waals surface area contributed by atoms with E-state index in [-0.39, 0.29) is 5.41 Å². The maximum atomic E-state index is 9.94. The first-order valence-electron chi connectivity index (χ1n) is 6.29. The minimum absolute atomic E-state index is 0.130. The van der Waals surface area contributed by atoms with E-state index in [1.807, 2.05) is 24.5 Å². The molecule has 0 amide bonds. The number of hydrogen-bond acceptors (Lipinski definition) is 2. The van der Waals surface area contributed by atoms with Crippen molar-refractivity contribution in [1.29, 1.82) is 0 Å². The molecule has 88 valence electrons. The number of allylic oxidation sites excluding steroid dienone is 3. The zero-order valence-electron chi connectivity index (χ0n) is 10.1. The normalized spacial score (nSPS) is 30.3. The van der Waals surface area contributed by atoms with Crippen molar-refractivity contribution in [3.63, 3.8) is 0 Å². The van der Waals surface area contributed by atoms with E-state index in [0.29, 0.717) is 11.7 Å². The molecule has 1 aromatic rings. The molecular weight excluding hydrogens is 210 g/mol. The lowest BCUT2D eigenvalue weighted by Crippen LogP contribution is -2.12. The molecule has 0 bridgehead atoms. The summed E-state index contributed by atoms with van der Waals surface area (Å²) in [5.41, 5.74) is 2.64. The Labute approximate surface area is 102 Å². The lowest BCUT2D eigenvalue weighted by atomic mass is 9.86. The summed E-state index contributed by atoms with van der Waals surface area (Å²) in [6.07, 6.45) is 11.0. The van der Waals surface area contributed by atoms with Gasteiger partial charge in [-0.1, -0.05) is 25.5 Å². The second-order valence-corrected chi connectivity index (χ2v) is 5.03. The van der Waals surface area contributed by atoms with Gasteiger partial charge in [0.05, 0.1) is 0 Å².